The molecule has 0 aliphatic carbocycles. The summed E-state index contributed by atoms with van der Waals surface area (Å²) in [6, 6.07) is 8.72. The van der Waals surface area contributed by atoms with Crippen LogP contribution in [-0.2, 0) is 0 Å². The Morgan fingerprint density at radius 3 is 2.62 bits per heavy atom. The van der Waals surface area contributed by atoms with Gasteiger partial charge in [0, 0.05) is 6.20 Å². The van der Waals surface area contributed by atoms with Crippen molar-refractivity contribution in [2.45, 2.75) is 0 Å². The van der Waals surface area contributed by atoms with Gasteiger partial charge in [-0.05, 0) is 18.2 Å². The van der Waals surface area contributed by atoms with Crippen LogP contribution in [0, 0.1) is 11.3 Å². The molecule has 0 unspecified atom stereocenters. The maximum absolute atomic E-state index is 8.91. The Bertz CT molecular complexity index is 1140. The van der Waals surface area contributed by atoms with E-state index in [0.717, 1.165) is 0 Å². The van der Waals surface area contributed by atoms with Gasteiger partial charge in [0.25, 0.3) is 0 Å². The molecule has 1 aromatic carbocycles. The van der Waals surface area contributed by atoms with Crippen LogP contribution in [0.4, 0.5) is 11.6 Å². The quantitative estimate of drug-likeness (QED) is 0.554. The van der Waals surface area contributed by atoms with Crippen molar-refractivity contribution in [2.75, 3.05) is 5.32 Å². The first-order chi connectivity index (χ1) is 12.7. The van der Waals surface area contributed by atoms with Gasteiger partial charge in [0.15, 0.2) is 11.5 Å². The highest BCUT2D eigenvalue weighted by molar-refractivity contribution is 6.39. The summed E-state index contributed by atoms with van der Waals surface area (Å²) in [6.45, 7) is 0. The number of imidazole rings is 1. The van der Waals surface area contributed by atoms with Crippen molar-refractivity contribution >= 4 is 46.0 Å². The van der Waals surface area contributed by atoms with Gasteiger partial charge >= 0.3 is 0 Å². The fourth-order valence-corrected chi connectivity index (χ4v) is 2.95. The zero-order valence-electron chi connectivity index (χ0n) is 12.9. The number of nitrogens with one attached hydrogen (secondary N) is 2. The Kier molecular flexibility index (Phi) is 4.08. The van der Waals surface area contributed by atoms with Crippen molar-refractivity contribution in [1.82, 2.24) is 29.9 Å². The second-order valence-corrected chi connectivity index (χ2v) is 5.92. The molecule has 0 bridgehead atoms. The SMILES string of the molecule is N#Cc1nccc(Nc2ncnc3nc(-c4c(Cl)cccc4Cl)[nH]c23)n1. The van der Waals surface area contributed by atoms with Crippen molar-refractivity contribution in [3.63, 3.8) is 0 Å². The van der Waals surface area contributed by atoms with Crippen molar-refractivity contribution < 1.29 is 0 Å². The van der Waals surface area contributed by atoms with Crippen LogP contribution in [0.2, 0.25) is 10.0 Å². The number of rotatable bonds is 3. The van der Waals surface area contributed by atoms with E-state index in [4.69, 9.17) is 28.5 Å². The number of nitriles is 1. The van der Waals surface area contributed by atoms with Crippen LogP contribution in [0.25, 0.3) is 22.6 Å². The monoisotopic (exact) mass is 382 g/mol. The van der Waals surface area contributed by atoms with Crippen molar-refractivity contribution in [3.05, 3.63) is 52.7 Å². The Labute approximate surface area is 156 Å². The van der Waals surface area contributed by atoms with Crippen molar-refractivity contribution in [2.24, 2.45) is 0 Å². The lowest BCUT2D eigenvalue weighted by molar-refractivity contribution is 1.11. The average Bonchev–Trinajstić information content (AvgIpc) is 3.06. The molecule has 0 atom stereocenters. The molecule has 10 heteroatoms. The van der Waals surface area contributed by atoms with E-state index >= 15 is 0 Å². The normalized spacial score (nSPS) is 10.7. The van der Waals surface area contributed by atoms with Crippen molar-refractivity contribution in [1.29, 1.82) is 5.26 Å². The minimum Gasteiger partial charge on any atom is -0.333 e. The Hall–Kier alpha value is -3.28. The first-order valence-electron chi connectivity index (χ1n) is 7.31. The largest absolute Gasteiger partial charge is 0.333 e. The molecule has 2 N–H and O–H groups in total. The summed E-state index contributed by atoms with van der Waals surface area (Å²) in [5.74, 6) is 1.39. The smallest absolute Gasteiger partial charge is 0.234 e. The van der Waals surface area contributed by atoms with Crippen LogP contribution in [0.15, 0.2) is 36.8 Å². The lowest BCUT2D eigenvalue weighted by Crippen LogP contribution is -1.99. The summed E-state index contributed by atoms with van der Waals surface area (Å²) >= 11 is 12.5. The third-order valence-corrected chi connectivity index (χ3v) is 4.12. The van der Waals surface area contributed by atoms with Crippen LogP contribution in [0.5, 0.6) is 0 Å². The molecule has 0 fully saturated rings. The van der Waals surface area contributed by atoms with Gasteiger partial charge in [-0.15, -0.1) is 0 Å². The highest BCUT2D eigenvalue weighted by atomic mass is 35.5. The number of benzene rings is 1. The van der Waals surface area contributed by atoms with Crippen molar-refractivity contribution in [3.8, 4) is 17.5 Å². The summed E-state index contributed by atoms with van der Waals surface area (Å²) in [5.41, 5.74) is 1.56. The van der Waals surface area contributed by atoms with Gasteiger partial charge in [0.1, 0.15) is 29.6 Å². The zero-order valence-corrected chi connectivity index (χ0v) is 14.4. The van der Waals surface area contributed by atoms with E-state index in [0.29, 0.717) is 44.2 Å². The van der Waals surface area contributed by atoms with Crippen LogP contribution >= 0.6 is 23.2 Å². The van der Waals surface area contributed by atoms with Crippen LogP contribution in [-0.4, -0.2) is 29.9 Å². The fourth-order valence-electron chi connectivity index (χ4n) is 2.37. The lowest BCUT2D eigenvalue weighted by Gasteiger charge is -2.04. The number of hydrogen-bond donors (Lipinski definition) is 2. The third-order valence-electron chi connectivity index (χ3n) is 3.49. The number of aromatic nitrogens is 6. The van der Waals surface area contributed by atoms with E-state index in [-0.39, 0.29) is 5.82 Å². The molecule has 0 amide bonds. The minimum absolute atomic E-state index is 0.0495. The minimum atomic E-state index is 0.0495. The van der Waals surface area contributed by atoms with Gasteiger partial charge in [-0.3, -0.25) is 0 Å². The molecular formula is C16H8Cl2N8. The molecule has 26 heavy (non-hydrogen) atoms. The highest BCUT2D eigenvalue weighted by Crippen LogP contribution is 2.34. The second-order valence-electron chi connectivity index (χ2n) is 5.11. The Morgan fingerprint density at radius 2 is 1.85 bits per heavy atom. The maximum Gasteiger partial charge on any atom is 0.234 e. The molecular weight excluding hydrogens is 375 g/mol. The average molecular weight is 383 g/mol. The van der Waals surface area contributed by atoms with Crippen LogP contribution in [0.3, 0.4) is 0 Å². The van der Waals surface area contributed by atoms with Crippen LogP contribution < -0.4 is 5.32 Å². The van der Waals surface area contributed by atoms with E-state index in [1.165, 1.54) is 12.5 Å². The standard InChI is InChI=1S/C16H8Cl2N8/c17-8-2-1-3-9(18)12(8)14-25-13-15(21-7-22-16(13)26-14)24-10-4-5-20-11(6-19)23-10/h1-5,7H,(H2,20,21,22,23,24,25,26). The first-order valence-corrected chi connectivity index (χ1v) is 8.06. The van der Waals surface area contributed by atoms with E-state index in [9.17, 15) is 0 Å². The first kappa shape index (κ1) is 16.2. The molecule has 3 heterocycles. The van der Waals surface area contributed by atoms with Gasteiger partial charge in [-0.25, -0.2) is 24.9 Å². The summed E-state index contributed by atoms with van der Waals surface area (Å²) in [7, 11) is 0. The van der Waals surface area contributed by atoms with Gasteiger partial charge in [0.05, 0.1) is 15.6 Å². The fraction of sp³-hybridized carbons (Fsp3) is 0. The lowest BCUT2D eigenvalue weighted by atomic mass is 10.2. The predicted molar refractivity (Wildman–Crippen MR) is 97.2 cm³/mol. The number of halogens is 2. The number of aromatic amines is 1. The molecule has 4 rings (SSSR count). The van der Waals surface area contributed by atoms with E-state index in [2.05, 4.69) is 35.2 Å². The molecule has 0 saturated heterocycles. The van der Waals surface area contributed by atoms with Gasteiger partial charge in [-0.1, -0.05) is 29.3 Å². The summed E-state index contributed by atoms with van der Waals surface area (Å²) in [5, 5.41) is 12.9. The third kappa shape index (κ3) is 2.90. The molecule has 0 spiro atoms. The highest BCUT2D eigenvalue weighted by Gasteiger charge is 2.16. The number of H-pyrrole nitrogens is 1. The summed E-state index contributed by atoms with van der Waals surface area (Å²) in [4.78, 5) is 23.8. The van der Waals surface area contributed by atoms with E-state index in [1.54, 1.807) is 24.3 Å². The van der Waals surface area contributed by atoms with Crippen LogP contribution in [0.1, 0.15) is 5.82 Å². The Balaban J connectivity index is 1.80. The molecule has 4 aromatic rings. The maximum atomic E-state index is 8.91. The molecule has 0 aliphatic rings. The summed E-state index contributed by atoms with van der Waals surface area (Å²) in [6.07, 6.45) is 2.85. The number of fused-ring (bicyclic) bond motifs is 1. The number of hydrogen-bond acceptors (Lipinski definition) is 7. The molecule has 0 radical (unpaired) electrons. The van der Waals surface area contributed by atoms with Gasteiger partial charge < -0.3 is 10.3 Å². The number of anilines is 2. The molecule has 3 aromatic heterocycles. The zero-order chi connectivity index (χ0) is 18.1. The molecule has 126 valence electrons. The Morgan fingerprint density at radius 1 is 1.04 bits per heavy atom. The molecule has 0 aliphatic heterocycles. The van der Waals surface area contributed by atoms with Gasteiger partial charge in [0.2, 0.25) is 5.82 Å². The predicted octanol–water partition coefficient (Wildman–Crippen LogP) is 3.73. The van der Waals surface area contributed by atoms with E-state index in [1.807, 2.05) is 6.07 Å². The van der Waals surface area contributed by atoms with E-state index < -0.39 is 0 Å². The number of nitrogens with zero attached hydrogens (tertiary/aromatic N) is 6. The van der Waals surface area contributed by atoms with Gasteiger partial charge in [-0.2, -0.15) is 5.26 Å². The second kappa shape index (κ2) is 6.55. The molecule has 0 saturated carbocycles. The summed E-state index contributed by atoms with van der Waals surface area (Å²) < 4.78 is 0. The molecule has 8 nitrogen and oxygen atoms in total. The topological polar surface area (TPSA) is 116 Å².